The molecule has 23 heavy (non-hydrogen) atoms. The van der Waals surface area contributed by atoms with E-state index >= 15 is 0 Å². The Morgan fingerprint density at radius 2 is 1.65 bits per heavy atom. The van der Waals surface area contributed by atoms with Gasteiger partial charge in [-0.1, -0.05) is 30.3 Å². The highest BCUT2D eigenvalue weighted by Gasteiger charge is 2.29. The van der Waals surface area contributed by atoms with Crippen LogP contribution in [-0.2, 0) is 14.8 Å². The van der Waals surface area contributed by atoms with Crippen LogP contribution in [0.5, 0.6) is 0 Å². The van der Waals surface area contributed by atoms with Crippen LogP contribution in [0, 0.1) is 5.82 Å². The van der Waals surface area contributed by atoms with Crippen LogP contribution in [0.25, 0.3) is 0 Å². The second-order valence-corrected chi connectivity index (χ2v) is 6.90. The lowest BCUT2D eigenvalue weighted by atomic mass is 10.2. The van der Waals surface area contributed by atoms with Crippen LogP contribution >= 0.6 is 0 Å². The molecule has 1 N–H and O–H groups in total. The average Bonchev–Trinajstić information content (AvgIpc) is 2.49. The first-order chi connectivity index (χ1) is 10.8. The van der Waals surface area contributed by atoms with Crippen molar-refractivity contribution in [2.45, 2.75) is 13.0 Å². The standard InChI is InChI=1S/C16H17FN2O3S/c1-12(16(20)18-15-11-7-6-10-14(15)17)19(23(2,21)22)13-8-4-3-5-9-13/h3-12H,1-2H3,(H,18,20)/t12-/m1/s1. The molecule has 5 nitrogen and oxygen atoms in total. The van der Waals surface area contributed by atoms with Crippen LogP contribution in [0.1, 0.15) is 6.92 Å². The molecule has 0 heterocycles. The molecule has 2 aromatic rings. The van der Waals surface area contributed by atoms with Gasteiger partial charge in [0.1, 0.15) is 11.9 Å². The van der Waals surface area contributed by atoms with Gasteiger partial charge in [-0.2, -0.15) is 0 Å². The molecule has 0 aliphatic rings. The van der Waals surface area contributed by atoms with Crippen LogP contribution < -0.4 is 9.62 Å². The smallest absolute Gasteiger partial charge is 0.248 e. The third kappa shape index (κ3) is 4.07. The number of halogens is 1. The van der Waals surface area contributed by atoms with Gasteiger partial charge in [0.05, 0.1) is 17.6 Å². The van der Waals surface area contributed by atoms with Crippen LogP contribution in [0.2, 0.25) is 0 Å². The van der Waals surface area contributed by atoms with Crippen LogP contribution in [0.3, 0.4) is 0 Å². The molecule has 1 atom stereocenters. The number of sulfonamides is 1. The van der Waals surface area contributed by atoms with E-state index in [0.29, 0.717) is 5.69 Å². The quantitative estimate of drug-likeness (QED) is 0.913. The van der Waals surface area contributed by atoms with Gasteiger partial charge >= 0.3 is 0 Å². The number of nitrogens with one attached hydrogen (secondary N) is 1. The van der Waals surface area contributed by atoms with Gasteiger partial charge in [0.25, 0.3) is 0 Å². The van der Waals surface area contributed by atoms with Crippen molar-refractivity contribution in [3.05, 3.63) is 60.4 Å². The number of amides is 1. The monoisotopic (exact) mass is 336 g/mol. The fraction of sp³-hybridized carbons (Fsp3) is 0.188. The number of carbonyl (C=O) groups is 1. The van der Waals surface area contributed by atoms with E-state index in [-0.39, 0.29) is 5.69 Å². The van der Waals surface area contributed by atoms with Gasteiger partial charge in [0.15, 0.2) is 0 Å². The molecule has 0 saturated carbocycles. The van der Waals surface area contributed by atoms with Crippen molar-refractivity contribution in [2.75, 3.05) is 15.9 Å². The molecule has 0 aliphatic heterocycles. The van der Waals surface area contributed by atoms with Crippen LogP contribution in [0.4, 0.5) is 15.8 Å². The molecule has 0 unspecified atom stereocenters. The fourth-order valence-corrected chi connectivity index (χ4v) is 3.36. The van der Waals surface area contributed by atoms with E-state index in [4.69, 9.17) is 0 Å². The minimum Gasteiger partial charge on any atom is -0.322 e. The Morgan fingerprint density at radius 3 is 2.22 bits per heavy atom. The minimum absolute atomic E-state index is 0.00543. The Morgan fingerprint density at radius 1 is 1.09 bits per heavy atom. The van der Waals surface area contributed by atoms with Gasteiger partial charge in [-0.3, -0.25) is 9.10 Å². The maximum absolute atomic E-state index is 13.6. The summed E-state index contributed by atoms with van der Waals surface area (Å²) in [5.41, 5.74) is 0.372. The summed E-state index contributed by atoms with van der Waals surface area (Å²) < 4.78 is 38.8. The largest absolute Gasteiger partial charge is 0.322 e. The zero-order valence-corrected chi connectivity index (χ0v) is 13.5. The predicted molar refractivity (Wildman–Crippen MR) is 88.3 cm³/mol. The second kappa shape index (κ2) is 6.78. The minimum atomic E-state index is -3.69. The van der Waals surface area contributed by atoms with E-state index in [9.17, 15) is 17.6 Å². The van der Waals surface area contributed by atoms with Crippen LogP contribution in [-0.4, -0.2) is 26.6 Å². The number of rotatable bonds is 5. The molecule has 2 rings (SSSR count). The molecule has 122 valence electrons. The molecule has 2 aromatic carbocycles. The number of hydrogen-bond acceptors (Lipinski definition) is 3. The van der Waals surface area contributed by atoms with Crippen molar-refractivity contribution in [1.82, 2.24) is 0 Å². The normalized spacial score (nSPS) is 12.5. The summed E-state index contributed by atoms with van der Waals surface area (Å²) in [7, 11) is -3.69. The molecule has 0 fully saturated rings. The topological polar surface area (TPSA) is 66.5 Å². The fourth-order valence-electron chi connectivity index (χ4n) is 2.18. The van der Waals surface area contributed by atoms with E-state index in [1.54, 1.807) is 36.4 Å². The van der Waals surface area contributed by atoms with Crippen molar-refractivity contribution >= 4 is 27.3 Å². The number of nitrogens with zero attached hydrogens (tertiary/aromatic N) is 1. The molecule has 0 aromatic heterocycles. The Labute approximate surface area is 134 Å². The molecule has 0 radical (unpaired) electrons. The summed E-state index contributed by atoms with van der Waals surface area (Å²) >= 11 is 0. The highest BCUT2D eigenvalue weighted by atomic mass is 32.2. The average molecular weight is 336 g/mol. The molecule has 0 spiro atoms. The lowest BCUT2D eigenvalue weighted by Gasteiger charge is -2.28. The summed E-state index contributed by atoms with van der Waals surface area (Å²) in [6.45, 7) is 1.45. The van der Waals surface area contributed by atoms with Crippen molar-refractivity contribution in [3.8, 4) is 0 Å². The number of hydrogen-bond donors (Lipinski definition) is 1. The van der Waals surface area contributed by atoms with Crippen molar-refractivity contribution in [2.24, 2.45) is 0 Å². The number of anilines is 2. The number of benzene rings is 2. The predicted octanol–water partition coefficient (Wildman–Crippen LogP) is 2.62. The van der Waals surface area contributed by atoms with Gasteiger partial charge in [0, 0.05) is 0 Å². The molecular weight excluding hydrogens is 319 g/mol. The van der Waals surface area contributed by atoms with E-state index in [0.717, 1.165) is 10.6 Å². The Bertz CT molecular complexity index is 794. The first-order valence-corrected chi connectivity index (χ1v) is 8.75. The maximum atomic E-state index is 13.6. The summed E-state index contributed by atoms with van der Waals surface area (Å²) in [6.07, 6.45) is 1.02. The molecule has 0 aliphatic carbocycles. The van der Waals surface area contributed by atoms with Gasteiger partial charge < -0.3 is 5.32 Å². The SMILES string of the molecule is C[C@H](C(=O)Nc1ccccc1F)N(c1ccccc1)S(C)(=O)=O. The van der Waals surface area contributed by atoms with Crippen molar-refractivity contribution < 1.29 is 17.6 Å². The molecular formula is C16H17FN2O3S. The third-order valence-corrected chi connectivity index (χ3v) is 4.47. The zero-order chi connectivity index (χ0) is 17.0. The van der Waals surface area contributed by atoms with Crippen LogP contribution in [0.15, 0.2) is 54.6 Å². The highest BCUT2D eigenvalue weighted by molar-refractivity contribution is 7.92. The van der Waals surface area contributed by atoms with E-state index in [2.05, 4.69) is 5.32 Å². The van der Waals surface area contributed by atoms with Crippen molar-refractivity contribution in [3.63, 3.8) is 0 Å². The molecule has 7 heteroatoms. The van der Waals surface area contributed by atoms with E-state index < -0.39 is 27.8 Å². The molecule has 0 bridgehead atoms. The van der Waals surface area contributed by atoms with Gasteiger partial charge in [-0.25, -0.2) is 12.8 Å². The highest BCUT2D eigenvalue weighted by Crippen LogP contribution is 2.21. The summed E-state index contributed by atoms with van der Waals surface area (Å²) in [5.74, 6) is -1.21. The Kier molecular flexibility index (Phi) is 5.00. The first-order valence-electron chi connectivity index (χ1n) is 6.90. The van der Waals surface area contributed by atoms with Gasteiger partial charge in [-0.15, -0.1) is 0 Å². The second-order valence-electron chi connectivity index (χ2n) is 5.04. The Balaban J connectivity index is 2.29. The maximum Gasteiger partial charge on any atom is 0.248 e. The summed E-state index contributed by atoms with van der Waals surface area (Å²) in [6, 6.07) is 12.9. The molecule has 1 amide bonds. The van der Waals surface area contributed by atoms with E-state index in [1.807, 2.05) is 0 Å². The summed E-state index contributed by atoms with van der Waals surface area (Å²) in [5, 5.41) is 2.41. The van der Waals surface area contributed by atoms with Crippen molar-refractivity contribution in [1.29, 1.82) is 0 Å². The molecule has 0 saturated heterocycles. The number of para-hydroxylation sites is 2. The first kappa shape index (κ1) is 17.0. The third-order valence-electron chi connectivity index (χ3n) is 3.23. The lowest BCUT2D eigenvalue weighted by molar-refractivity contribution is -0.116. The lowest BCUT2D eigenvalue weighted by Crippen LogP contribution is -2.45. The Hall–Kier alpha value is -2.41. The van der Waals surface area contributed by atoms with Gasteiger partial charge in [0.2, 0.25) is 15.9 Å². The zero-order valence-electron chi connectivity index (χ0n) is 12.7. The summed E-state index contributed by atoms with van der Waals surface area (Å²) in [4.78, 5) is 12.3. The number of carbonyl (C=O) groups excluding carboxylic acids is 1. The van der Waals surface area contributed by atoms with Gasteiger partial charge in [-0.05, 0) is 31.2 Å². The van der Waals surface area contributed by atoms with E-state index in [1.165, 1.54) is 25.1 Å².